The zero-order valence-corrected chi connectivity index (χ0v) is 12.1. The van der Waals surface area contributed by atoms with Gasteiger partial charge in [0.2, 0.25) is 0 Å². The third kappa shape index (κ3) is 2.19. The summed E-state index contributed by atoms with van der Waals surface area (Å²) in [4.78, 5) is 8.90. The molecule has 0 fully saturated rings. The highest BCUT2D eigenvalue weighted by Crippen LogP contribution is 2.21. The molecular formula is C15H12BrN3. The van der Waals surface area contributed by atoms with Gasteiger partial charge in [0.1, 0.15) is 11.8 Å². The molecule has 0 atom stereocenters. The summed E-state index contributed by atoms with van der Waals surface area (Å²) in [6, 6.07) is 10.1. The summed E-state index contributed by atoms with van der Waals surface area (Å²) in [6.45, 7) is 5.89. The van der Waals surface area contributed by atoms with Crippen LogP contribution in [0.2, 0.25) is 0 Å². The average Bonchev–Trinajstić information content (AvgIpc) is 2.81. The molecular weight excluding hydrogens is 302 g/mol. The van der Waals surface area contributed by atoms with Crippen molar-refractivity contribution in [2.75, 3.05) is 0 Å². The molecule has 1 aromatic carbocycles. The highest BCUT2D eigenvalue weighted by molar-refractivity contribution is 9.10. The Balaban J connectivity index is 2.18. The summed E-state index contributed by atoms with van der Waals surface area (Å²) >= 11 is 3.48. The van der Waals surface area contributed by atoms with E-state index in [1.165, 1.54) is 0 Å². The molecule has 0 saturated carbocycles. The number of imidazole rings is 1. The molecule has 0 radical (unpaired) electrons. The molecule has 2 aromatic heterocycles. The van der Waals surface area contributed by atoms with Crippen molar-refractivity contribution in [1.29, 1.82) is 0 Å². The number of halogens is 1. The lowest BCUT2D eigenvalue weighted by Crippen LogP contribution is -1.94. The van der Waals surface area contributed by atoms with Gasteiger partial charge in [-0.25, -0.2) is 9.97 Å². The number of allylic oxidation sites excluding steroid dienone is 1. The molecule has 0 spiro atoms. The summed E-state index contributed by atoms with van der Waals surface area (Å²) in [7, 11) is 0. The van der Waals surface area contributed by atoms with E-state index in [9.17, 15) is 0 Å². The van der Waals surface area contributed by atoms with Crippen LogP contribution in [0.25, 0.3) is 22.4 Å². The van der Waals surface area contributed by atoms with E-state index >= 15 is 0 Å². The van der Waals surface area contributed by atoms with Crippen molar-refractivity contribution in [3.05, 3.63) is 59.5 Å². The molecule has 3 nitrogen and oxygen atoms in total. The van der Waals surface area contributed by atoms with E-state index in [-0.39, 0.29) is 0 Å². The minimum atomic E-state index is 0.850. The number of benzene rings is 1. The van der Waals surface area contributed by atoms with Crippen LogP contribution in [-0.4, -0.2) is 14.5 Å². The van der Waals surface area contributed by atoms with Crippen molar-refractivity contribution in [3.63, 3.8) is 0 Å². The molecule has 3 aromatic rings. The molecule has 3 rings (SSSR count). The predicted molar refractivity (Wildman–Crippen MR) is 81.3 cm³/mol. The van der Waals surface area contributed by atoms with Crippen LogP contribution < -0.4 is 0 Å². The Labute approximate surface area is 119 Å². The van der Waals surface area contributed by atoms with E-state index in [1.807, 2.05) is 48.0 Å². The maximum absolute atomic E-state index is 4.49. The second-order valence-corrected chi connectivity index (χ2v) is 5.36. The van der Waals surface area contributed by atoms with Gasteiger partial charge in [-0.15, -0.1) is 0 Å². The van der Waals surface area contributed by atoms with E-state index < -0.39 is 0 Å². The molecule has 19 heavy (non-hydrogen) atoms. The summed E-state index contributed by atoms with van der Waals surface area (Å²) in [5.41, 5.74) is 4.77. The molecule has 0 aliphatic rings. The zero-order valence-electron chi connectivity index (χ0n) is 10.5. The number of hydrogen-bond acceptors (Lipinski definition) is 2. The second-order valence-electron chi connectivity index (χ2n) is 4.44. The monoisotopic (exact) mass is 313 g/mol. The van der Waals surface area contributed by atoms with E-state index in [0.717, 1.165) is 32.5 Å². The second kappa shape index (κ2) is 4.63. The Bertz CT molecular complexity index is 774. The first-order valence-corrected chi connectivity index (χ1v) is 6.69. The van der Waals surface area contributed by atoms with Gasteiger partial charge in [0, 0.05) is 16.4 Å². The van der Waals surface area contributed by atoms with Crippen LogP contribution in [0.15, 0.2) is 53.9 Å². The van der Waals surface area contributed by atoms with Gasteiger partial charge in [0.15, 0.2) is 5.65 Å². The van der Waals surface area contributed by atoms with Gasteiger partial charge in [0.05, 0.1) is 0 Å². The molecule has 94 valence electrons. The molecule has 0 N–H and O–H groups in total. The molecule has 0 aliphatic carbocycles. The number of hydrogen-bond donors (Lipinski definition) is 0. The lowest BCUT2D eigenvalue weighted by Gasteiger charge is -2.04. The van der Waals surface area contributed by atoms with Gasteiger partial charge in [0.25, 0.3) is 0 Å². The van der Waals surface area contributed by atoms with Crippen molar-refractivity contribution in [3.8, 4) is 5.69 Å². The largest absolute Gasteiger partial charge is 0.283 e. The lowest BCUT2D eigenvalue weighted by atomic mass is 10.1. The molecule has 2 heterocycles. The normalized spacial score (nSPS) is 10.8. The maximum atomic E-state index is 4.49. The van der Waals surface area contributed by atoms with Crippen LogP contribution >= 0.6 is 15.9 Å². The minimum Gasteiger partial charge on any atom is -0.283 e. The Kier molecular flexibility index (Phi) is 2.95. The molecule has 0 aliphatic heterocycles. The van der Waals surface area contributed by atoms with Crippen LogP contribution in [0.5, 0.6) is 0 Å². The SMILES string of the molecule is C=C(C)c1cnc2c(c1)ncn2-c1cccc(Br)c1. The van der Waals surface area contributed by atoms with Crippen molar-refractivity contribution in [2.45, 2.75) is 6.92 Å². The van der Waals surface area contributed by atoms with Gasteiger partial charge in [-0.3, -0.25) is 4.57 Å². The predicted octanol–water partition coefficient (Wildman–Crippen LogP) is 4.22. The van der Waals surface area contributed by atoms with Gasteiger partial charge < -0.3 is 0 Å². The number of aromatic nitrogens is 3. The Morgan fingerprint density at radius 2 is 2.11 bits per heavy atom. The van der Waals surface area contributed by atoms with Crippen LogP contribution in [0, 0.1) is 0 Å². The Morgan fingerprint density at radius 1 is 1.26 bits per heavy atom. The van der Waals surface area contributed by atoms with Crippen molar-refractivity contribution >= 4 is 32.7 Å². The zero-order chi connectivity index (χ0) is 13.4. The van der Waals surface area contributed by atoms with Crippen LogP contribution in [-0.2, 0) is 0 Å². The van der Waals surface area contributed by atoms with Crippen LogP contribution in [0.1, 0.15) is 12.5 Å². The maximum Gasteiger partial charge on any atom is 0.164 e. The summed E-state index contributed by atoms with van der Waals surface area (Å²) in [5.74, 6) is 0. The first kappa shape index (κ1) is 12.1. The fourth-order valence-electron chi connectivity index (χ4n) is 1.95. The molecule has 0 unspecified atom stereocenters. The highest BCUT2D eigenvalue weighted by atomic mass is 79.9. The first-order valence-electron chi connectivity index (χ1n) is 5.90. The Morgan fingerprint density at radius 3 is 2.84 bits per heavy atom. The number of nitrogens with zero attached hydrogens (tertiary/aromatic N) is 3. The minimum absolute atomic E-state index is 0.850. The Hall–Kier alpha value is -1.94. The lowest BCUT2D eigenvalue weighted by molar-refractivity contribution is 1.07. The van der Waals surface area contributed by atoms with Gasteiger partial charge in [-0.1, -0.05) is 28.6 Å². The van der Waals surface area contributed by atoms with Crippen molar-refractivity contribution < 1.29 is 0 Å². The van der Waals surface area contributed by atoms with Crippen LogP contribution in [0.3, 0.4) is 0 Å². The molecule has 0 saturated heterocycles. The molecule has 0 bridgehead atoms. The molecule has 0 amide bonds. The first-order chi connectivity index (χ1) is 9.15. The quantitative estimate of drug-likeness (QED) is 0.709. The topological polar surface area (TPSA) is 30.7 Å². The third-order valence-corrected chi connectivity index (χ3v) is 3.46. The molecule has 4 heteroatoms. The smallest absolute Gasteiger partial charge is 0.164 e. The standard InChI is InChI=1S/C15H12BrN3/c1-10(2)11-6-14-15(17-8-11)19(9-18-14)13-5-3-4-12(16)7-13/h3-9H,1H2,2H3. The van der Waals surface area contributed by atoms with Gasteiger partial charge in [-0.05, 0) is 42.3 Å². The van der Waals surface area contributed by atoms with E-state index in [1.54, 1.807) is 6.33 Å². The van der Waals surface area contributed by atoms with E-state index in [4.69, 9.17) is 0 Å². The number of pyridine rings is 1. The van der Waals surface area contributed by atoms with Crippen molar-refractivity contribution in [1.82, 2.24) is 14.5 Å². The number of fused-ring (bicyclic) bond motifs is 1. The fourth-order valence-corrected chi connectivity index (χ4v) is 2.34. The number of rotatable bonds is 2. The fraction of sp³-hybridized carbons (Fsp3) is 0.0667. The van der Waals surface area contributed by atoms with Gasteiger partial charge in [-0.2, -0.15) is 0 Å². The van der Waals surface area contributed by atoms with E-state index in [2.05, 4.69) is 32.5 Å². The summed E-state index contributed by atoms with van der Waals surface area (Å²) in [5, 5.41) is 0. The summed E-state index contributed by atoms with van der Waals surface area (Å²) < 4.78 is 3.01. The van der Waals surface area contributed by atoms with Gasteiger partial charge >= 0.3 is 0 Å². The average molecular weight is 314 g/mol. The summed E-state index contributed by atoms with van der Waals surface area (Å²) in [6.07, 6.45) is 3.63. The van der Waals surface area contributed by atoms with Crippen LogP contribution in [0.4, 0.5) is 0 Å². The highest BCUT2D eigenvalue weighted by Gasteiger charge is 2.07. The van der Waals surface area contributed by atoms with E-state index in [0.29, 0.717) is 0 Å². The van der Waals surface area contributed by atoms with Crippen molar-refractivity contribution in [2.24, 2.45) is 0 Å². The third-order valence-electron chi connectivity index (χ3n) is 2.97.